The molecule has 92 valence electrons. The molecule has 1 aromatic rings. The van der Waals surface area contributed by atoms with Crippen LogP contribution in [0.15, 0.2) is 18.2 Å². The highest BCUT2D eigenvalue weighted by molar-refractivity contribution is 5.78. The van der Waals surface area contributed by atoms with Crippen molar-refractivity contribution in [2.75, 3.05) is 20.4 Å². The van der Waals surface area contributed by atoms with Gasteiger partial charge in [0.25, 0.3) is 0 Å². The average molecular weight is 237 g/mol. The van der Waals surface area contributed by atoms with Crippen LogP contribution in [0.5, 0.6) is 11.5 Å². The van der Waals surface area contributed by atoms with Crippen LogP contribution in [0.1, 0.15) is 18.5 Å². The molecule has 1 N–H and O–H groups in total. The van der Waals surface area contributed by atoms with E-state index in [1.54, 1.807) is 26.1 Å². The average Bonchev–Trinajstić information content (AvgIpc) is 2.77. The Bertz CT molecular complexity index is 419. The van der Waals surface area contributed by atoms with Crippen molar-refractivity contribution in [1.82, 2.24) is 5.32 Å². The lowest BCUT2D eigenvalue weighted by Gasteiger charge is -2.15. The number of rotatable bonds is 4. The Hall–Kier alpha value is -1.75. The molecule has 2 rings (SSSR count). The lowest BCUT2D eigenvalue weighted by Crippen LogP contribution is -2.27. The summed E-state index contributed by atoms with van der Waals surface area (Å²) in [5.74, 6) is 1.06. The molecule has 17 heavy (non-hydrogen) atoms. The first-order valence-electron chi connectivity index (χ1n) is 5.49. The van der Waals surface area contributed by atoms with Gasteiger partial charge in [-0.25, -0.2) is 4.79 Å². The number of likely N-dealkylation sites (N-methyl/N-ethyl adjacent to an activating group) is 1. The fourth-order valence-electron chi connectivity index (χ4n) is 1.74. The van der Waals surface area contributed by atoms with Crippen molar-refractivity contribution in [1.29, 1.82) is 0 Å². The van der Waals surface area contributed by atoms with E-state index in [1.165, 1.54) is 0 Å². The third kappa shape index (κ3) is 2.34. The Balaban J connectivity index is 2.22. The van der Waals surface area contributed by atoms with Crippen molar-refractivity contribution in [3.63, 3.8) is 0 Å². The van der Waals surface area contributed by atoms with Gasteiger partial charge in [0.2, 0.25) is 6.79 Å². The van der Waals surface area contributed by atoms with E-state index in [-0.39, 0.29) is 12.8 Å². The van der Waals surface area contributed by atoms with Gasteiger partial charge in [0.1, 0.15) is 6.04 Å². The predicted molar refractivity (Wildman–Crippen MR) is 61.0 cm³/mol. The summed E-state index contributed by atoms with van der Waals surface area (Å²) >= 11 is 0. The quantitative estimate of drug-likeness (QED) is 0.798. The van der Waals surface area contributed by atoms with Crippen LogP contribution in [0.3, 0.4) is 0 Å². The van der Waals surface area contributed by atoms with Crippen molar-refractivity contribution in [2.45, 2.75) is 13.0 Å². The maximum Gasteiger partial charge on any atom is 0.327 e. The van der Waals surface area contributed by atoms with Crippen molar-refractivity contribution in [3.05, 3.63) is 23.8 Å². The fourth-order valence-corrected chi connectivity index (χ4v) is 1.74. The largest absolute Gasteiger partial charge is 0.465 e. The van der Waals surface area contributed by atoms with E-state index in [0.717, 1.165) is 5.56 Å². The monoisotopic (exact) mass is 237 g/mol. The lowest BCUT2D eigenvalue weighted by molar-refractivity contribution is -0.145. The summed E-state index contributed by atoms with van der Waals surface area (Å²) in [7, 11) is 1.71. The van der Waals surface area contributed by atoms with Crippen LogP contribution in [0, 0.1) is 0 Å². The summed E-state index contributed by atoms with van der Waals surface area (Å²) < 4.78 is 15.5. The molecule has 0 aromatic heterocycles. The molecule has 1 aliphatic rings. The number of nitrogens with one attached hydrogen (secondary N) is 1. The van der Waals surface area contributed by atoms with Gasteiger partial charge >= 0.3 is 5.97 Å². The second-order valence-corrected chi connectivity index (χ2v) is 3.59. The molecule has 5 nitrogen and oxygen atoms in total. The molecule has 0 spiro atoms. The molecule has 0 bridgehead atoms. The molecule has 1 heterocycles. The van der Waals surface area contributed by atoms with Crippen LogP contribution in [-0.4, -0.2) is 26.4 Å². The summed E-state index contributed by atoms with van der Waals surface area (Å²) in [6, 6.07) is 4.93. The van der Waals surface area contributed by atoms with Gasteiger partial charge in [-0.2, -0.15) is 0 Å². The van der Waals surface area contributed by atoms with E-state index < -0.39 is 6.04 Å². The van der Waals surface area contributed by atoms with Crippen LogP contribution >= 0.6 is 0 Å². The van der Waals surface area contributed by atoms with Gasteiger partial charge in [-0.15, -0.1) is 0 Å². The zero-order chi connectivity index (χ0) is 12.3. The third-order valence-electron chi connectivity index (χ3n) is 2.54. The summed E-state index contributed by atoms with van der Waals surface area (Å²) in [6.07, 6.45) is 0. The van der Waals surface area contributed by atoms with Gasteiger partial charge in [0, 0.05) is 0 Å². The molecule has 1 unspecified atom stereocenters. The lowest BCUT2D eigenvalue weighted by atomic mass is 10.1. The highest BCUT2D eigenvalue weighted by Crippen LogP contribution is 2.34. The van der Waals surface area contributed by atoms with Gasteiger partial charge < -0.3 is 19.5 Å². The van der Waals surface area contributed by atoms with E-state index in [1.807, 2.05) is 6.07 Å². The van der Waals surface area contributed by atoms with Gasteiger partial charge in [-0.05, 0) is 31.7 Å². The topological polar surface area (TPSA) is 56.8 Å². The van der Waals surface area contributed by atoms with Crippen LogP contribution in [0.2, 0.25) is 0 Å². The number of ether oxygens (including phenoxy) is 3. The predicted octanol–water partition coefficient (Wildman–Crippen LogP) is 1.24. The number of hydrogen-bond acceptors (Lipinski definition) is 5. The first-order chi connectivity index (χ1) is 8.26. The Morgan fingerprint density at radius 2 is 2.24 bits per heavy atom. The molecule has 0 aliphatic carbocycles. The molecule has 0 amide bonds. The van der Waals surface area contributed by atoms with Crippen molar-refractivity contribution in [2.24, 2.45) is 0 Å². The molecule has 0 radical (unpaired) electrons. The molecule has 0 saturated carbocycles. The van der Waals surface area contributed by atoms with E-state index in [0.29, 0.717) is 18.1 Å². The van der Waals surface area contributed by atoms with Gasteiger partial charge in [-0.3, -0.25) is 0 Å². The van der Waals surface area contributed by atoms with E-state index in [4.69, 9.17) is 14.2 Å². The summed E-state index contributed by atoms with van der Waals surface area (Å²) in [6.45, 7) is 2.37. The minimum atomic E-state index is -0.482. The van der Waals surface area contributed by atoms with Crippen molar-refractivity contribution < 1.29 is 19.0 Å². The summed E-state index contributed by atoms with van der Waals surface area (Å²) in [5, 5.41) is 2.92. The third-order valence-corrected chi connectivity index (χ3v) is 2.54. The number of carbonyl (C=O) groups is 1. The minimum Gasteiger partial charge on any atom is -0.465 e. The Kier molecular flexibility index (Phi) is 3.49. The molecule has 0 fully saturated rings. The summed E-state index contributed by atoms with van der Waals surface area (Å²) in [4.78, 5) is 11.7. The van der Waals surface area contributed by atoms with Gasteiger partial charge in [-0.1, -0.05) is 6.07 Å². The highest BCUT2D eigenvalue weighted by Gasteiger charge is 2.23. The Morgan fingerprint density at radius 1 is 1.47 bits per heavy atom. The number of benzene rings is 1. The fraction of sp³-hybridized carbons (Fsp3) is 0.417. The number of hydrogen-bond donors (Lipinski definition) is 1. The smallest absolute Gasteiger partial charge is 0.327 e. The second kappa shape index (κ2) is 5.05. The summed E-state index contributed by atoms with van der Waals surface area (Å²) in [5.41, 5.74) is 0.801. The highest BCUT2D eigenvalue weighted by atomic mass is 16.7. The Labute approximate surface area is 99.7 Å². The normalized spacial score (nSPS) is 14.5. The molecule has 1 aliphatic heterocycles. The van der Waals surface area contributed by atoms with Crippen LogP contribution in [-0.2, 0) is 9.53 Å². The molecule has 1 atom stereocenters. The van der Waals surface area contributed by atoms with Gasteiger partial charge in [0.05, 0.1) is 6.61 Å². The number of esters is 1. The van der Waals surface area contributed by atoms with Gasteiger partial charge in [0.15, 0.2) is 11.5 Å². The molecular weight excluding hydrogens is 222 g/mol. The zero-order valence-electron chi connectivity index (χ0n) is 9.86. The maximum atomic E-state index is 11.7. The van der Waals surface area contributed by atoms with Crippen LogP contribution in [0.25, 0.3) is 0 Å². The first kappa shape index (κ1) is 11.7. The SMILES string of the molecule is CCOC(=O)C(NC)c1ccc2c(c1)OCO2. The zero-order valence-corrected chi connectivity index (χ0v) is 9.86. The van der Waals surface area contributed by atoms with Crippen molar-refractivity contribution >= 4 is 5.97 Å². The standard InChI is InChI=1S/C12H15NO4/c1-3-15-12(14)11(13-2)8-4-5-9-10(6-8)17-7-16-9/h4-6,11,13H,3,7H2,1-2H3. The Morgan fingerprint density at radius 3 is 2.94 bits per heavy atom. The van der Waals surface area contributed by atoms with E-state index in [2.05, 4.69) is 5.32 Å². The molecule has 1 aromatic carbocycles. The first-order valence-corrected chi connectivity index (χ1v) is 5.49. The molecular formula is C12H15NO4. The minimum absolute atomic E-state index is 0.225. The van der Waals surface area contributed by atoms with E-state index in [9.17, 15) is 4.79 Å². The number of carbonyl (C=O) groups excluding carboxylic acids is 1. The van der Waals surface area contributed by atoms with Crippen LogP contribution < -0.4 is 14.8 Å². The van der Waals surface area contributed by atoms with E-state index >= 15 is 0 Å². The number of fused-ring (bicyclic) bond motifs is 1. The second-order valence-electron chi connectivity index (χ2n) is 3.59. The van der Waals surface area contributed by atoms with Crippen LogP contribution in [0.4, 0.5) is 0 Å². The molecule has 5 heteroatoms. The molecule has 0 saturated heterocycles. The van der Waals surface area contributed by atoms with Crippen molar-refractivity contribution in [3.8, 4) is 11.5 Å². The maximum absolute atomic E-state index is 11.7.